The van der Waals surface area contributed by atoms with Crippen LogP contribution >= 0.6 is 0 Å². The van der Waals surface area contributed by atoms with E-state index in [4.69, 9.17) is 4.74 Å². The first-order chi connectivity index (χ1) is 15.7. The van der Waals surface area contributed by atoms with Gasteiger partial charge in [0.2, 0.25) is 0 Å². The number of methoxy groups -OCH3 is 1. The molecule has 4 nitrogen and oxygen atoms in total. The Morgan fingerprint density at radius 2 is 1.81 bits per heavy atom. The topological polar surface area (TPSA) is 37.6 Å². The Hall–Kier alpha value is -2.56. The summed E-state index contributed by atoms with van der Waals surface area (Å²) >= 11 is 0. The van der Waals surface area contributed by atoms with Crippen LogP contribution in [0.25, 0.3) is 0 Å². The lowest BCUT2D eigenvalue weighted by Crippen LogP contribution is -2.34. The highest BCUT2D eigenvalue weighted by Crippen LogP contribution is 2.26. The molecule has 1 saturated carbocycles. The predicted octanol–water partition coefficient (Wildman–Crippen LogP) is 5.66. The van der Waals surface area contributed by atoms with Crippen molar-refractivity contribution in [2.24, 2.45) is 5.92 Å². The summed E-state index contributed by atoms with van der Waals surface area (Å²) < 4.78 is 7.71. The molecule has 1 heterocycles. The van der Waals surface area contributed by atoms with Crippen LogP contribution in [-0.4, -0.2) is 34.8 Å². The maximum absolute atomic E-state index is 10.9. The van der Waals surface area contributed by atoms with Crippen molar-refractivity contribution in [3.63, 3.8) is 0 Å². The van der Waals surface area contributed by atoms with Crippen LogP contribution in [-0.2, 0) is 13.1 Å². The Morgan fingerprint density at radius 1 is 1.00 bits per heavy atom. The van der Waals surface area contributed by atoms with Crippen LogP contribution in [0.4, 0.5) is 0 Å². The molecule has 0 spiro atoms. The molecular formula is C28H36N2O2. The number of rotatable bonds is 10. The van der Waals surface area contributed by atoms with E-state index in [1.807, 2.05) is 42.5 Å². The third kappa shape index (κ3) is 6.24. The number of ether oxygens (including phenoxy) is 1. The minimum absolute atomic E-state index is 0.471. The fraction of sp³-hybridized carbons (Fsp3) is 0.429. The van der Waals surface area contributed by atoms with E-state index in [0.717, 1.165) is 36.9 Å². The summed E-state index contributed by atoms with van der Waals surface area (Å²) in [5.41, 5.74) is 3.50. The van der Waals surface area contributed by atoms with Gasteiger partial charge in [-0.05, 0) is 54.2 Å². The summed E-state index contributed by atoms with van der Waals surface area (Å²) in [5.74, 6) is 1.62. The van der Waals surface area contributed by atoms with Gasteiger partial charge in [0.15, 0.2) is 0 Å². The molecule has 0 amide bonds. The molecule has 2 aromatic carbocycles. The quantitative estimate of drug-likeness (QED) is 0.449. The highest BCUT2D eigenvalue weighted by molar-refractivity contribution is 5.29. The smallest absolute Gasteiger partial charge is 0.119 e. The van der Waals surface area contributed by atoms with Crippen molar-refractivity contribution in [1.82, 2.24) is 9.47 Å². The predicted molar refractivity (Wildman–Crippen MR) is 130 cm³/mol. The van der Waals surface area contributed by atoms with Crippen molar-refractivity contribution in [1.29, 1.82) is 0 Å². The first-order valence-electron chi connectivity index (χ1n) is 11.9. The van der Waals surface area contributed by atoms with Crippen LogP contribution in [0, 0.1) is 5.92 Å². The molecule has 0 saturated heterocycles. The van der Waals surface area contributed by atoms with E-state index in [1.54, 1.807) is 7.11 Å². The van der Waals surface area contributed by atoms with Gasteiger partial charge < -0.3 is 14.4 Å². The largest absolute Gasteiger partial charge is 0.497 e. The highest BCUT2D eigenvalue weighted by Gasteiger charge is 2.21. The highest BCUT2D eigenvalue weighted by atomic mass is 16.5. The number of hydrogen-bond donors (Lipinski definition) is 1. The lowest BCUT2D eigenvalue weighted by Gasteiger charge is -2.31. The fourth-order valence-electron chi connectivity index (χ4n) is 4.91. The second kappa shape index (κ2) is 11.3. The third-order valence-electron chi connectivity index (χ3n) is 6.65. The molecule has 1 atom stereocenters. The molecule has 170 valence electrons. The lowest BCUT2D eigenvalue weighted by atomic mass is 9.89. The maximum Gasteiger partial charge on any atom is 0.119 e. The molecule has 3 aromatic rings. The SMILES string of the molecule is COc1cccc(Cn2cccc2CN(CC2CCCCC2)CC(O)c2ccccc2)c1. The fourth-order valence-corrected chi connectivity index (χ4v) is 4.91. The van der Waals surface area contributed by atoms with Crippen molar-refractivity contribution in [3.05, 3.63) is 89.7 Å². The van der Waals surface area contributed by atoms with Gasteiger partial charge in [-0.2, -0.15) is 0 Å². The van der Waals surface area contributed by atoms with Crippen LogP contribution < -0.4 is 4.74 Å². The van der Waals surface area contributed by atoms with Crippen LogP contribution in [0.2, 0.25) is 0 Å². The Bertz CT molecular complexity index is 947. The molecule has 1 fully saturated rings. The molecule has 1 N–H and O–H groups in total. The third-order valence-corrected chi connectivity index (χ3v) is 6.65. The molecule has 1 aliphatic carbocycles. The minimum atomic E-state index is -0.471. The summed E-state index contributed by atoms with van der Waals surface area (Å²) in [5, 5.41) is 10.9. The van der Waals surface area contributed by atoms with E-state index < -0.39 is 6.10 Å². The molecular weight excluding hydrogens is 396 g/mol. The van der Waals surface area contributed by atoms with Gasteiger partial charge in [0.05, 0.1) is 13.2 Å². The van der Waals surface area contributed by atoms with Gasteiger partial charge in [-0.25, -0.2) is 0 Å². The van der Waals surface area contributed by atoms with E-state index in [-0.39, 0.29) is 0 Å². The molecule has 4 heteroatoms. The van der Waals surface area contributed by atoms with E-state index >= 15 is 0 Å². The number of hydrogen-bond acceptors (Lipinski definition) is 3. The zero-order valence-electron chi connectivity index (χ0n) is 19.2. The number of benzene rings is 2. The molecule has 32 heavy (non-hydrogen) atoms. The molecule has 0 radical (unpaired) electrons. The van der Waals surface area contributed by atoms with Crippen molar-refractivity contribution in [3.8, 4) is 5.75 Å². The van der Waals surface area contributed by atoms with Gasteiger partial charge in [-0.1, -0.05) is 61.7 Å². The second-order valence-corrected chi connectivity index (χ2v) is 9.10. The van der Waals surface area contributed by atoms with Gasteiger partial charge in [0.25, 0.3) is 0 Å². The number of aliphatic hydroxyl groups is 1. The van der Waals surface area contributed by atoms with E-state index in [1.165, 1.54) is 43.4 Å². The Labute approximate surface area is 192 Å². The zero-order chi connectivity index (χ0) is 22.2. The van der Waals surface area contributed by atoms with E-state index in [0.29, 0.717) is 6.54 Å². The van der Waals surface area contributed by atoms with Crippen LogP contribution in [0.3, 0.4) is 0 Å². The average molecular weight is 433 g/mol. The summed E-state index contributed by atoms with van der Waals surface area (Å²) in [7, 11) is 1.71. The van der Waals surface area contributed by atoms with Crippen LogP contribution in [0.15, 0.2) is 72.9 Å². The molecule has 0 aliphatic heterocycles. The van der Waals surface area contributed by atoms with Gasteiger partial charge in [-0.3, -0.25) is 4.90 Å². The summed E-state index contributed by atoms with van der Waals surface area (Å²) in [4.78, 5) is 2.46. The molecule has 4 rings (SSSR count). The average Bonchev–Trinajstić information content (AvgIpc) is 3.26. The van der Waals surface area contributed by atoms with E-state index in [2.05, 4.69) is 39.9 Å². The van der Waals surface area contributed by atoms with Gasteiger partial charge in [0.1, 0.15) is 5.75 Å². The molecule has 1 aliphatic rings. The Balaban J connectivity index is 1.48. The van der Waals surface area contributed by atoms with Crippen molar-refractivity contribution in [2.45, 2.75) is 51.3 Å². The normalized spacial score (nSPS) is 15.7. The van der Waals surface area contributed by atoms with Crippen molar-refractivity contribution < 1.29 is 9.84 Å². The Morgan fingerprint density at radius 3 is 2.59 bits per heavy atom. The Kier molecular flexibility index (Phi) is 8.02. The standard InChI is InChI=1S/C28H36N2O2/c1-32-27-16-8-12-24(18-27)20-30-17-9-15-26(30)21-29(19-23-10-4-2-5-11-23)22-28(31)25-13-6-3-7-14-25/h3,6-9,12-18,23,28,31H,2,4-5,10-11,19-22H2,1H3. The van der Waals surface area contributed by atoms with Crippen LogP contribution in [0.1, 0.15) is 55.0 Å². The maximum atomic E-state index is 10.9. The summed E-state index contributed by atoms with van der Waals surface area (Å²) in [6.45, 7) is 3.37. The van der Waals surface area contributed by atoms with Crippen LogP contribution in [0.5, 0.6) is 5.75 Å². The van der Waals surface area contributed by atoms with Gasteiger partial charge in [0, 0.05) is 38.1 Å². The monoisotopic (exact) mass is 432 g/mol. The first kappa shape index (κ1) is 22.6. The van der Waals surface area contributed by atoms with Gasteiger partial charge >= 0.3 is 0 Å². The lowest BCUT2D eigenvalue weighted by molar-refractivity contribution is 0.0914. The number of aliphatic hydroxyl groups excluding tert-OH is 1. The second-order valence-electron chi connectivity index (χ2n) is 9.10. The minimum Gasteiger partial charge on any atom is -0.497 e. The number of nitrogens with zero attached hydrogens (tertiary/aromatic N) is 2. The first-order valence-corrected chi connectivity index (χ1v) is 11.9. The van der Waals surface area contributed by atoms with Gasteiger partial charge in [-0.15, -0.1) is 0 Å². The summed E-state index contributed by atoms with van der Waals surface area (Å²) in [6, 6.07) is 22.7. The number of aromatic nitrogens is 1. The zero-order valence-corrected chi connectivity index (χ0v) is 19.2. The molecule has 1 unspecified atom stereocenters. The van der Waals surface area contributed by atoms with E-state index in [9.17, 15) is 5.11 Å². The van der Waals surface area contributed by atoms with Crippen molar-refractivity contribution in [2.75, 3.05) is 20.2 Å². The summed E-state index contributed by atoms with van der Waals surface area (Å²) in [6.07, 6.45) is 8.35. The van der Waals surface area contributed by atoms with Crippen molar-refractivity contribution >= 4 is 0 Å². The molecule has 1 aromatic heterocycles. The molecule has 0 bridgehead atoms.